The number of ether oxygens (including phenoxy) is 1. The Hall–Kier alpha value is -1.39. The van der Waals surface area contributed by atoms with Crippen LogP contribution in [0, 0.1) is 12.7 Å². The minimum atomic E-state index is -0.174. The monoisotopic (exact) mass is 265 g/mol. The zero-order valence-electron chi connectivity index (χ0n) is 10.7. The van der Waals surface area contributed by atoms with Crippen molar-refractivity contribution in [1.82, 2.24) is 5.32 Å². The van der Waals surface area contributed by atoms with E-state index >= 15 is 0 Å². The summed E-state index contributed by atoms with van der Waals surface area (Å²) < 4.78 is 18.7. The van der Waals surface area contributed by atoms with E-state index in [2.05, 4.69) is 5.32 Å². The highest BCUT2D eigenvalue weighted by Crippen LogP contribution is 2.34. The van der Waals surface area contributed by atoms with E-state index in [0.717, 1.165) is 16.2 Å². The predicted molar refractivity (Wildman–Crippen MR) is 72.9 cm³/mol. The Kier molecular flexibility index (Phi) is 3.99. The van der Waals surface area contributed by atoms with Gasteiger partial charge in [-0.1, -0.05) is 12.1 Å². The fourth-order valence-corrected chi connectivity index (χ4v) is 2.98. The fourth-order valence-electron chi connectivity index (χ4n) is 1.98. The molecule has 1 unspecified atom stereocenters. The van der Waals surface area contributed by atoms with Crippen molar-refractivity contribution in [2.24, 2.45) is 0 Å². The topological polar surface area (TPSA) is 21.3 Å². The largest absolute Gasteiger partial charge is 0.496 e. The maximum Gasteiger partial charge on any atom is 0.134 e. The third-order valence-electron chi connectivity index (χ3n) is 2.94. The molecule has 0 aliphatic carbocycles. The van der Waals surface area contributed by atoms with Crippen molar-refractivity contribution in [3.8, 4) is 5.75 Å². The Morgan fingerprint density at radius 3 is 2.72 bits per heavy atom. The van der Waals surface area contributed by atoms with Gasteiger partial charge in [0.25, 0.3) is 0 Å². The number of rotatable bonds is 4. The minimum absolute atomic E-state index is 0.0271. The van der Waals surface area contributed by atoms with E-state index < -0.39 is 0 Å². The van der Waals surface area contributed by atoms with Crippen molar-refractivity contribution in [2.75, 3.05) is 14.2 Å². The fraction of sp³-hybridized carbons (Fsp3) is 0.286. The molecular formula is C14H16FNOS. The zero-order valence-corrected chi connectivity index (χ0v) is 11.5. The quantitative estimate of drug-likeness (QED) is 0.913. The van der Waals surface area contributed by atoms with Crippen LogP contribution in [-0.2, 0) is 0 Å². The van der Waals surface area contributed by atoms with Crippen LogP contribution in [0.15, 0.2) is 29.6 Å². The molecule has 0 fully saturated rings. The van der Waals surface area contributed by atoms with Gasteiger partial charge in [0, 0.05) is 0 Å². The molecule has 1 aromatic heterocycles. The summed E-state index contributed by atoms with van der Waals surface area (Å²) in [6, 6.07) is 7.16. The van der Waals surface area contributed by atoms with Crippen molar-refractivity contribution < 1.29 is 9.13 Å². The SMILES string of the molecule is CNC(c1ccc(F)c(C)c1)c1sccc1OC. The Bertz CT molecular complexity index is 538. The van der Waals surface area contributed by atoms with Gasteiger partial charge in [-0.25, -0.2) is 4.39 Å². The first-order chi connectivity index (χ1) is 8.67. The highest BCUT2D eigenvalue weighted by molar-refractivity contribution is 7.10. The van der Waals surface area contributed by atoms with Crippen LogP contribution in [0.1, 0.15) is 22.0 Å². The van der Waals surface area contributed by atoms with Crippen molar-refractivity contribution in [3.05, 3.63) is 51.5 Å². The van der Waals surface area contributed by atoms with E-state index in [-0.39, 0.29) is 11.9 Å². The van der Waals surface area contributed by atoms with Crippen LogP contribution < -0.4 is 10.1 Å². The smallest absolute Gasteiger partial charge is 0.134 e. The molecular weight excluding hydrogens is 249 g/mol. The second kappa shape index (κ2) is 5.50. The molecule has 18 heavy (non-hydrogen) atoms. The van der Waals surface area contributed by atoms with E-state index in [1.54, 1.807) is 25.4 Å². The van der Waals surface area contributed by atoms with Crippen LogP contribution in [0.3, 0.4) is 0 Å². The number of hydrogen-bond acceptors (Lipinski definition) is 3. The van der Waals surface area contributed by atoms with Crippen LogP contribution in [0.25, 0.3) is 0 Å². The van der Waals surface area contributed by atoms with Gasteiger partial charge in [0.15, 0.2) is 0 Å². The molecule has 0 bridgehead atoms. The first-order valence-electron chi connectivity index (χ1n) is 5.72. The van der Waals surface area contributed by atoms with Crippen LogP contribution in [0.2, 0.25) is 0 Å². The molecule has 0 spiro atoms. The number of methoxy groups -OCH3 is 1. The Morgan fingerprint density at radius 1 is 1.33 bits per heavy atom. The van der Waals surface area contributed by atoms with Crippen LogP contribution >= 0.6 is 11.3 Å². The summed E-state index contributed by atoms with van der Waals surface area (Å²) >= 11 is 1.63. The zero-order chi connectivity index (χ0) is 13.1. The summed E-state index contributed by atoms with van der Waals surface area (Å²) in [6.45, 7) is 1.78. The van der Waals surface area contributed by atoms with Gasteiger partial charge in [0.1, 0.15) is 11.6 Å². The summed E-state index contributed by atoms with van der Waals surface area (Å²) in [7, 11) is 3.55. The van der Waals surface area contributed by atoms with Crippen LogP contribution in [-0.4, -0.2) is 14.2 Å². The van der Waals surface area contributed by atoms with Gasteiger partial charge in [0.2, 0.25) is 0 Å². The molecule has 2 aromatic rings. The molecule has 96 valence electrons. The first kappa shape index (κ1) is 13.1. The summed E-state index contributed by atoms with van der Waals surface area (Å²) in [6.07, 6.45) is 0. The van der Waals surface area contributed by atoms with Crippen molar-refractivity contribution in [2.45, 2.75) is 13.0 Å². The lowest BCUT2D eigenvalue weighted by atomic mass is 10.0. The van der Waals surface area contributed by atoms with Crippen molar-refractivity contribution in [3.63, 3.8) is 0 Å². The van der Waals surface area contributed by atoms with Gasteiger partial charge in [-0.2, -0.15) is 0 Å². The van der Waals surface area contributed by atoms with Gasteiger partial charge in [0.05, 0.1) is 18.0 Å². The van der Waals surface area contributed by atoms with E-state index in [9.17, 15) is 4.39 Å². The predicted octanol–water partition coefficient (Wildman–Crippen LogP) is 3.51. The summed E-state index contributed by atoms with van der Waals surface area (Å²) in [5, 5.41) is 5.25. The number of thiophene rings is 1. The number of benzene rings is 1. The van der Waals surface area contributed by atoms with Gasteiger partial charge < -0.3 is 10.1 Å². The van der Waals surface area contributed by atoms with E-state index in [1.807, 2.05) is 30.6 Å². The van der Waals surface area contributed by atoms with E-state index in [4.69, 9.17) is 4.74 Å². The van der Waals surface area contributed by atoms with Gasteiger partial charge in [-0.3, -0.25) is 0 Å². The van der Waals surface area contributed by atoms with Crippen LogP contribution in [0.5, 0.6) is 5.75 Å². The number of halogens is 1. The second-order valence-electron chi connectivity index (χ2n) is 4.08. The molecule has 0 radical (unpaired) electrons. The third-order valence-corrected chi connectivity index (χ3v) is 3.91. The van der Waals surface area contributed by atoms with Gasteiger partial charge in [-0.15, -0.1) is 11.3 Å². The highest BCUT2D eigenvalue weighted by Gasteiger charge is 2.18. The molecule has 1 heterocycles. The number of aryl methyl sites for hydroxylation is 1. The molecule has 1 atom stereocenters. The molecule has 0 aliphatic rings. The van der Waals surface area contributed by atoms with E-state index in [0.29, 0.717) is 5.56 Å². The molecule has 2 rings (SSSR count). The second-order valence-corrected chi connectivity index (χ2v) is 5.03. The lowest BCUT2D eigenvalue weighted by Gasteiger charge is -2.17. The maximum absolute atomic E-state index is 13.3. The Balaban J connectivity index is 2.42. The molecule has 2 nitrogen and oxygen atoms in total. The first-order valence-corrected chi connectivity index (χ1v) is 6.60. The Morgan fingerprint density at radius 2 is 2.11 bits per heavy atom. The minimum Gasteiger partial charge on any atom is -0.496 e. The summed E-state index contributed by atoms with van der Waals surface area (Å²) in [4.78, 5) is 1.10. The molecule has 1 N–H and O–H groups in total. The molecule has 1 aromatic carbocycles. The standard InChI is InChI=1S/C14H16FNOS/c1-9-8-10(4-5-11(9)15)13(16-2)14-12(17-3)6-7-18-14/h4-8,13,16H,1-3H3. The molecule has 0 aliphatic heterocycles. The summed E-state index contributed by atoms with van der Waals surface area (Å²) in [5.41, 5.74) is 1.69. The van der Waals surface area contributed by atoms with E-state index in [1.165, 1.54) is 6.07 Å². The lowest BCUT2D eigenvalue weighted by molar-refractivity contribution is 0.408. The highest BCUT2D eigenvalue weighted by atomic mass is 32.1. The lowest BCUT2D eigenvalue weighted by Crippen LogP contribution is -2.17. The van der Waals surface area contributed by atoms with Crippen molar-refractivity contribution >= 4 is 11.3 Å². The van der Waals surface area contributed by atoms with Crippen LogP contribution in [0.4, 0.5) is 4.39 Å². The average Bonchev–Trinajstić information content (AvgIpc) is 2.83. The summed E-state index contributed by atoms with van der Waals surface area (Å²) in [5.74, 6) is 0.688. The van der Waals surface area contributed by atoms with Gasteiger partial charge in [-0.05, 0) is 42.6 Å². The van der Waals surface area contributed by atoms with Gasteiger partial charge >= 0.3 is 0 Å². The normalized spacial score (nSPS) is 12.4. The number of hydrogen-bond donors (Lipinski definition) is 1. The molecule has 0 saturated heterocycles. The maximum atomic E-state index is 13.3. The van der Waals surface area contributed by atoms with Crippen molar-refractivity contribution in [1.29, 1.82) is 0 Å². The molecule has 0 saturated carbocycles. The molecule has 0 amide bonds. The Labute approximate surface area is 110 Å². The third kappa shape index (κ3) is 2.40. The molecule has 4 heteroatoms. The number of nitrogens with one attached hydrogen (secondary N) is 1. The average molecular weight is 265 g/mol.